The lowest BCUT2D eigenvalue weighted by Crippen LogP contribution is -2.35. The summed E-state index contributed by atoms with van der Waals surface area (Å²) in [5.41, 5.74) is 7.64. The Hall–Kier alpha value is -1.35. The molecule has 2 unspecified atom stereocenters. The van der Waals surface area contributed by atoms with E-state index in [0.29, 0.717) is 6.04 Å². The molecule has 0 saturated heterocycles. The van der Waals surface area contributed by atoms with Crippen molar-refractivity contribution >= 4 is 5.84 Å². The molecular formula is C17H27N3. The summed E-state index contributed by atoms with van der Waals surface area (Å²) in [6.45, 7) is 3.26. The number of hydrogen-bond donors (Lipinski definition) is 2. The van der Waals surface area contributed by atoms with Crippen LogP contribution in [0.4, 0.5) is 0 Å². The van der Waals surface area contributed by atoms with E-state index in [4.69, 9.17) is 11.1 Å². The minimum atomic E-state index is 0.151. The van der Waals surface area contributed by atoms with E-state index in [0.717, 1.165) is 18.0 Å². The number of rotatable bonds is 5. The van der Waals surface area contributed by atoms with Gasteiger partial charge < -0.3 is 5.73 Å². The molecule has 0 radical (unpaired) electrons. The summed E-state index contributed by atoms with van der Waals surface area (Å²) in [7, 11) is 2.23. The van der Waals surface area contributed by atoms with Crippen LogP contribution < -0.4 is 5.73 Å². The number of nitrogens with two attached hydrogens (primary N) is 1. The smallest absolute Gasteiger partial charge is 0.122 e. The number of nitrogens with one attached hydrogen (secondary N) is 1. The Morgan fingerprint density at radius 1 is 1.40 bits per heavy atom. The Labute approximate surface area is 122 Å². The quantitative estimate of drug-likeness (QED) is 0.638. The zero-order valence-electron chi connectivity index (χ0n) is 12.7. The van der Waals surface area contributed by atoms with E-state index in [1.807, 2.05) is 18.2 Å². The molecule has 1 aliphatic carbocycles. The van der Waals surface area contributed by atoms with E-state index in [1.54, 1.807) is 0 Å². The van der Waals surface area contributed by atoms with Crippen LogP contribution in [0.15, 0.2) is 24.3 Å². The third-order valence-electron chi connectivity index (χ3n) is 4.63. The third kappa shape index (κ3) is 3.83. The van der Waals surface area contributed by atoms with Gasteiger partial charge in [-0.1, -0.05) is 44.4 Å². The van der Waals surface area contributed by atoms with E-state index < -0.39 is 0 Å². The van der Waals surface area contributed by atoms with E-state index in [9.17, 15) is 0 Å². The van der Waals surface area contributed by atoms with Crippen molar-refractivity contribution in [3.05, 3.63) is 35.4 Å². The van der Waals surface area contributed by atoms with Crippen LogP contribution in [0.3, 0.4) is 0 Å². The molecule has 0 amide bonds. The zero-order valence-corrected chi connectivity index (χ0v) is 12.7. The topological polar surface area (TPSA) is 53.1 Å². The lowest BCUT2D eigenvalue weighted by Gasteiger charge is -2.35. The second kappa shape index (κ2) is 6.89. The molecule has 1 fully saturated rings. The summed E-state index contributed by atoms with van der Waals surface area (Å²) >= 11 is 0. The van der Waals surface area contributed by atoms with Crippen molar-refractivity contribution in [2.24, 2.45) is 11.7 Å². The Morgan fingerprint density at radius 3 is 2.90 bits per heavy atom. The molecular weight excluding hydrogens is 246 g/mol. The second-order valence-electron chi connectivity index (χ2n) is 6.12. The molecule has 2 rings (SSSR count). The highest BCUT2D eigenvalue weighted by molar-refractivity contribution is 5.95. The first-order valence-corrected chi connectivity index (χ1v) is 7.73. The lowest BCUT2D eigenvalue weighted by atomic mass is 9.83. The lowest BCUT2D eigenvalue weighted by molar-refractivity contribution is 0.150. The first-order chi connectivity index (χ1) is 9.60. The molecule has 1 saturated carbocycles. The molecule has 0 heterocycles. The molecule has 2 atom stereocenters. The number of nitrogen functional groups attached to an aromatic ring is 1. The minimum Gasteiger partial charge on any atom is -0.384 e. The maximum Gasteiger partial charge on any atom is 0.122 e. The van der Waals surface area contributed by atoms with Crippen LogP contribution in [0.5, 0.6) is 0 Å². The van der Waals surface area contributed by atoms with Gasteiger partial charge in [-0.25, -0.2) is 0 Å². The van der Waals surface area contributed by atoms with Gasteiger partial charge in [0.05, 0.1) is 0 Å². The Kier molecular flexibility index (Phi) is 5.18. The van der Waals surface area contributed by atoms with Crippen molar-refractivity contribution in [2.45, 2.75) is 51.6 Å². The summed E-state index contributed by atoms with van der Waals surface area (Å²) in [5.74, 6) is 1.05. The predicted octanol–water partition coefficient (Wildman–Crippen LogP) is 3.37. The average molecular weight is 273 g/mol. The van der Waals surface area contributed by atoms with Gasteiger partial charge in [-0.2, -0.15) is 0 Å². The molecule has 1 aromatic rings. The van der Waals surface area contributed by atoms with Crippen LogP contribution in [0.25, 0.3) is 0 Å². The van der Waals surface area contributed by atoms with Crippen LogP contribution in [-0.4, -0.2) is 23.8 Å². The van der Waals surface area contributed by atoms with Gasteiger partial charge in [0, 0.05) is 18.2 Å². The van der Waals surface area contributed by atoms with Gasteiger partial charge in [0.2, 0.25) is 0 Å². The van der Waals surface area contributed by atoms with Crippen molar-refractivity contribution in [3.63, 3.8) is 0 Å². The summed E-state index contributed by atoms with van der Waals surface area (Å²) in [5, 5.41) is 7.53. The molecule has 0 spiro atoms. The Bertz CT molecular complexity index is 455. The molecule has 3 N–H and O–H groups in total. The van der Waals surface area contributed by atoms with Crippen molar-refractivity contribution in [3.8, 4) is 0 Å². The van der Waals surface area contributed by atoms with Crippen LogP contribution in [-0.2, 0) is 6.54 Å². The number of amidine groups is 1. The molecule has 3 nitrogen and oxygen atoms in total. The van der Waals surface area contributed by atoms with Crippen molar-refractivity contribution in [1.82, 2.24) is 4.90 Å². The second-order valence-corrected chi connectivity index (χ2v) is 6.12. The number of hydrogen-bond acceptors (Lipinski definition) is 2. The molecule has 1 aliphatic rings. The maximum atomic E-state index is 7.53. The zero-order chi connectivity index (χ0) is 14.5. The fraction of sp³-hybridized carbons (Fsp3) is 0.588. The van der Waals surface area contributed by atoms with E-state index in [2.05, 4.69) is 24.9 Å². The fourth-order valence-corrected chi connectivity index (χ4v) is 3.29. The van der Waals surface area contributed by atoms with E-state index in [1.165, 1.54) is 37.7 Å². The number of benzene rings is 1. The van der Waals surface area contributed by atoms with Crippen molar-refractivity contribution < 1.29 is 0 Å². The molecule has 110 valence electrons. The largest absolute Gasteiger partial charge is 0.384 e. The van der Waals surface area contributed by atoms with Crippen LogP contribution in [0.2, 0.25) is 0 Å². The Balaban J connectivity index is 1.98. The monoisotopic (exact) mass is 273 g/mol. The van der Waals surface area contributed by atoms with Gasteiger partial charge in [-0.15, -0.1) is 0 Å². The summed E-state index contributed by atoms with van der Waals surface area (Å²) in [6, 6.07) is 8.77. The van der Waals surface area contributed by atoms with E-state index >= 15 is 0 Å². The predicted molar refractivity (Wildman–Crippen MR) is 85.0 cm³/mol. The first-order valence-electron chi connectivity index (χ1n) is 7.73. The average Bonchev–Trinajstić information content (AvgIpc) is 2.47. The highest BCUT2D eigenvalue weighted by atomic mass is 15.1. The Morgan fingerprint density at radius 2 is 2.20 bits per heavy atom. The van der Waals surface area contributed by atoms with Gasteiger partial charge in [0.1, 0.15) is 5.84 Å². The van der Waals surface area contributed by atoms with Gasteiger partial charge in [0.25, 0.3) is 0 Å². The number of nitrogens with zero attached hydrogens (tertiary/aromatic N) is 1. The maximum absolute atomic E-state index is 7.53. The normalized spacial score (nSPS) is 22.9. The van der Waals surface area contributed by atoms with Crippen LogP contribution >= 0.6 is 0 Å². The SMILES string of the molecule is CCC1CCCC(N(C)Cc2cccc(C(=N)N)c2)C1. The summed E-state index contributed by atoms with van der Waals surface area (Å²) < 4.78 is 0. The van der Waals surface area contributed by atoms with Crippen LogP contribution in [0.1, 0.15) is 50.2 Å². The standard InChI is InChI=1S/C17H27N3/c1-3-13-6-5-9-16(11-13)20(2)12-14-7-4-8-15(10-14)17(18)19/h4,7-8,10,13,16H,3,5-6,9,11-12H2,1-2H3,(H3,18,19). The third-order valence-corrected chi connectivity index (χ3v) is 4.63. The van der Waals surface area contributed by atoms with Gasteiger partial charge in [-0.05, 0) is 37.4 Å². The van der Waals surface area contributed by atoms with Gasteiger partial charge >= 0.3 is 0 Å². The molecule has 20 heavy (non-hydrogen) atoms. The van der Waals surface area contributed by atoms with E-state index in [-0.39, 0.29) is 5.84 Å². The molecule has 3 heteroatoms. The summed E-state index contributed by atoms with van der Waals surface area (Å²) in [4.78, 5) is 2.47. The van der Waals surface area contributed by atoms with Gasteiger partial charge in [-0.3, -0.25) is 10.3 Å². The highest BCUT2D eigenvalue weighted by Crippen LogP contribution is 2.29. The van der Waals surface area contributed by atoms with Gasteiger partial charge in [0.15, 0.2) is 0 Å². The molecule has 0 aliphatic heterocycles. The fourth-order valence-electron chi connectivity index (χ4n) is 3.29. The first kappa shape index (κ1) is 15.0. The van der Waals surface area contributed by atoms with Crippen molar-refractivity contribution in [1.29, 1.82) is 5.41 Å². The minimum absolute atomic E-state index is 0.151. The summed E-state index contributed by atoms with van der Waals surface area (Å²) in [6.07, 6.45) is 6.73. The molecule has 0 bridgehead atoms. The van der Waals surface area contributed by atoms with Crippen LogP contribution in [0, 0.1) is 11.3 Å². The molecule has 1 aromatic carbocycles. The molecule has 0 aromatic heterocycles. The van der Waals surface area contributed by atoms with Crippen molar-refractivity contribution in [2.75, 3.05) is 7.05 Å². The highest BCUT2D eigenvalue weighted by Gasteiger charge is 2.23.